The van der Waals surface area contributed by atoms with Crippen molar-refractivity contribution in [1.29, 1.82) is 0 Å². The van der Waals surface area contributed by atoms with Crippen LogP contribution in [-0.4, -0.2) is 32.1 Å². The second-order valence-electron chi connectivity index (χ2n) is 6.79. The number of methoxy groups -OCH3 is 1. The predicted octanol–water partition coefficient (Wildman–Crippen LogP) is 1.44. The third-order valence-corrected chi connectivity index (χ3v) is 4.90. The monoisotopic (exact) mass is 368 g/mol. The minimum Gasteiger partial charge on any atom is -0.497 e. The zero-order valence-corrected chi connectivity index (χ0v) is 15.7. The van der Waals surface area contributed by atoms with Gasteiger partial charge in [-0.3, -0.25) is 10.1 Å². The summed E-state index contributed by atoms with van der Waals surface area (Å²) in [5, 5.41) is 4.92. The van der Waals surface area contributed by atoms with E-state index in [0.717, 1.165) is 34.6 Å². The number of carbonyl (C=O) groups is 2. The number of ether oxygens (including phenoxy) is 1. The van der Waals surface area contributed by atoms with Crippen LogP contribution in [0.25, 0.3) is 0 Å². The van der Waals surface area contributed by atoms with Crippen LogP contribution in [-0.2, 0) is 11.3 Å². The van der Waals surface area contributed by atoms with E-state index in [2.05, 4.69) is 10.6 Å². The quantitative estimate of drug-likeness (QED) is 0.693. The average molecular weight is 368 g/mol. The molecule has 0 spiro atoms. The minimum atomic E-state index is -0.486. The van der Waals surface area contributed by atoms with Crippen LogP contribution in [0.1, 0.15) is 30.0 Å². The lowest BCUT2D eigenvalue weighted by atomic mass is 10.0. The Labute approximate surface area is 159 Å². The average Bonchev–Trinajstić information content (AvgIpc) is 3.54. The molecule has 1 unspecified atom stereocenters. The van der Waals surface area contributed by atoms with Crippen LogP contribution in [0.5, 0.6) is 5.75 Å². The third kappa shape index (κ3) is 4.86. The normalized spacial score (nSPS) is 15.5. The Kier molecular flexibility index (Phi) is 6.08. The van der Waals surface area contributed by atoms with Crippen molar-refractivity contribution in [1.82, 2.24) is 10.6 Å². The highest BCUT2D eigenvalue weighted by molar-refractivity contribution is 5.96. The molecule has 1 saturated carbocycles. The smallest absolute Gasteiger partial charge is 0.321 e. The molecule has 6 heteroatoms. The van der Waals surface area contributed by atoms with E-state index >= 15 is 0 Å². The molecule has 1 fully saturated rings. The summed E-state index contributed by atoms with van der Waals surface area (Å²) in [5.74, 6) is 0.527. The van der Waals surface area contributed by atoms with Crippen molar-refractivity contribution in [3.8, 4) is 5.75 Å². The molecule has 0 heterocycles. The van der Waals surface area contributed by atoms with Gasteiger partial charge in [0, 0.05) is 31.0 Å². The summed E-state index contributed by atoms with van der Waals surface area (Å²) in [6.45, 7) is 0.704. The largest absolute Gasteiger partial charge is 0.497 e. The number of hydrogen-bond donors (Lipinski definition) is 3. The number of amides is 3. The van der Waals surface area contributed by atoms with Gasteiger partial charge >= 0.3 is 6.03 Å². The summed E-state index contributed by atoms with van der Waals surface area (Å²) >= 11 is 0. The van der Waals surface area contributed by atoms with Gasteiger partial charge < -0.3 is 15.0 Å². The third-order valence-electron chi connectivity index (χ3n) is 4.90. The second kappa shape index (κ2) is 8.68. The van der Waals surface area contributed by atoms with Crippen LogP contribution in [0.4, 0.5) is 4.79 Å². The number of urea groups is 1. The first-order valence-corrected chi connectivity index (χ1v) is 9.18. The fourth-order valence-electron chi connectivity index (χ4n) is 3.34. The first-order valence-electron chi connectivity index (χ1n) is 9.18. The van der Waals surface area contributed by atoms with E-state index in [1.54, 1.807) is 7.11 Å². The van der Waals surface area contributed by atoms with Gasteiger partial charge in [-0.15, -0.1) is 0 Å². The maximum atomic E-state index is 13.0. The van der Waals surface area contributed by atoms with Gasteiger partial charge in [-0.2, -0.15) is 0 Å². The molecular formula is C21H26N3O3+. The molecule has 142 valence electrons. The van der Waals surface area contributed by atoms with Crippen molar-refractivity contribution in [2.75, 3.05) is 14.2 Å². The molecule has 3 N–H and O–H groups in total. The van der Waals surface area contributed by atoms with Gasteiger partial charge in [-0.05, 0) is 24.3 Å². The Morgan fingerprint density at radius 2 is 1.78 bits per heavy atom. The number of quaternary nitrogens is 1. The molecule has 0 aromatic heterocycles. The maximum absolute atomic E-state index is 13.0. The number of carbonyl (C=O) groups excluding carboxylic acids is 2. The number of rotatable bonds is 7. The number of benzene rings is 2. The molecule has 0 bridgehead atoms. The molecular weight excluding hydrogens is 342 g/mol. The lowest BCUT2D eigenvalue weighted by molar-refractivity contribution is -0.946. The Bertz CT molecular complexity index is 773. The molecule has 1 aliphatic carbocycles. The summed E-state index contributed by atoms with van der Waals surface area (Å²) in [6.07, 6.45) is 2.17. The molecule has 0 radical (unpaired) electrons. The SMILES string of the molecule is CNC(=O)NC(=O)[C@H](c1ccccc1)[NH+](Cc1ccc(OC)cc1)C1CC1. The Morgan fingerprint density at radius 3 is 2.33 bits per heavy atom. The summed E-state index contributed by atoms with van der Waals surface area (Å²) in [5.41, 5.74) is 2.04. The number of imide groups is 1. The molecule has 2 aromatic rings. The highest BCUT2D eigenvalue weighted by Gasteiger charge is 2.42. The Hall–Kier alpha value is -2.86. The van der Waals surface area contributed by atoms with Gasteiger partial charge in [-0.1, -0.05) is 30.3 Å². The highest BCUT2D eigenvalue weighted by atomic mass is 16.5. The summed E-state index contributed by atoms with van der Waals surface area (Å²) < 4.78 is 5.23. The lowest BCUT2D eigenvalue weighted by Crippen LogP contribution is -3.13. The topological polar surface area (TPSA) is 71.9 Å². The second-order valence-corrected chi connectivity index (χ2v) is 6.79. The van der Waals surface area contributed by atoms with E-state index in [1.165, 1.54) is 7.05 Å². The van der Waals surface area contributed by atoms with E-state index < -0.39 is 12.1 Å². The highest BCUT2D eigenvalue weighted by Crippen LogP contribution is 2.21. The van der Waals surface area contributed by atoms with Gasteiger partial charge in [0.25, 0.3) is 5.91 Å². The molecule has 3 rings (SSSR count). The van der Waals surface area contributed by atoms with Gasteiger partial charge in [0.2, 0.25) is 0 Å². The molecule has 2 aromatic carbocycles. The fraction of sp³-hybridized carbons (Fsp3) is 0.333. The standard InChI is InChI=1S/C21H25N3O3/c1-22-21(26)23-20(25)19(16-6-4-3-5-7-16)24(17-10-11-17)14-15-8-12-18(27-2)13-9-15/h3-9,12-13,17,19H,10-11,14H2,1-2H3,(H2,22,23,25,26)/p+1/t19-/m0/s1. The predicted molar refractivity (Wildman–Crippen MR) is 102 cm³/mol. The van der Waals surface area contributed by atoms with Crippen molar-refractivity contribution in [2.24, 2.45) is 0 Å². The van der Waals surface area contributed by atoms with Crippen LogP contribution < -0.4 is 20.3 Å². The molecule has 3 amide bonds. The Morgan fingerprint density at radius 1 is 1.11 bits per heavy atom. The van der Waals surface area contributed by atoms with Gasteiger partial charge in [0.15, 0.2) is 6.04 Å². The molecule has 2 atom stereocenters. The van der Waals surface area contributed by atoms with Crippen molar-refractivity contribution < 1.29 is 19.2 Å². The van der Waals surface area contributed by atoms with Gasteiger partial charge in [0.05, 0.1) is 13.2 Å². The first-order chi connectivity index (χ1) is 13.1. The van der Waals surface area contributed by atoms with E-state index in [4.69, 9.17) is 4.74 Å². The van der Waals surface area contributed by atoms with Crippen LogP contribution >= 0.6 is 0 Å². The molecule has 0 saturated heterocycles. The Balaban J connectivity index is 1.88. The van der Waals surface area contributed by atoms with Gasteiger partial charge in [-0.25, -0.2) is 4.79 Å². The van der Waals surface area contributed by atoms with Crippen molar-refractivity contribution in [3.05, 3.63) is 65.7 Å². The number of hydrogen-bond acceptors (Lipinski definition) is 3. The minimum absolute atomic E-state index is 0.282. The van der Waals surface area contributed by atoms with Gasteiger partial charge in [0.1, 0.15) is 12.3 Å². The lowest BCUT2D eigenvalue weighted by Gasteiger charge is -2.28. The molecule has 1 aliphatic rings. The summed E-state index contributed by atoms with van der Waals surface area (Å²) in [4.78, 5) is 25.9. The molecule has 6 nitrogen and oxygen atoms in total. The van der Waals surface area contributed by atoms with Crippen LogP contribution in [0.15, 0.2) is 54.6 Å². The maximum Gasteiger partial charge on any atom is 0.321 e. The van der Waals surface area contributed by atoms with Crippen molar-refractivity contribution in [2.45, 2.75) is 31.5 Å². The van der Waals surface area contributed by atoms with E-state index in [-0.39, 0.29) is 5.91 Å². The fourth-order valence-corrected chi connectivity index (χ4v) is 3.34. The van der Waals surface area contributed by atoms with Crippen molar-refractivity contribution >= 4 is 11.9 Å². The first kappa shape index (κ1) is 18.9. The molecule has 0 aliphatic heterocycles. The summed E-state index contributed by atoms with van der Waals surface area (Å²) in [6, 6.07) is 17.1. The molecule has 27 heavy (non-hydrogen) atoms. The van der Waals surface area contributed by atoms with Crippen LogP contribution in [0.3, 0.4) is 0 Å². The number of nitrogens with one attached hydrogen (secondary N) is 3. The van der Waals surface area contributed by atoms with Crippen molar-refractivity contribution in [3.63, 3.8) is 0 Å². The van der Waals surface area contributed by atoms with E-state index in [0.29, 0.717) is 12.6 Å². The van der Waals surface area contributed by atoms with E-state index in [1.807, 2.05) is 54.6 Å². The van der Waals surface area contributed by atoms with Crippen LogP contribution in [0.2, 0.25) is 0 Å². The zero-order valence-electron chi connectivity index (χ0n) is 15.7. The summed E-state index contributed by atoms with van der Waals surface area (Å²) in [7, 11) is 3.15. The zero-order chi connectivity index (χ0) is 19.2. The van der Waals surface area contributed by atoms with Crippen LogP contribution in [0, 0.1) is 0 Å². The van der Waals surface area contributed by atoms with E-state index in [9.17, 15) is 9.59 Å².